The van der Waals surface area contributed by atoms with Gasteiger partial charge in [0.25, 0.3) is 0 Å². The largest absolute Gasteiger partial charge is 0.385 e. The van der Waals surface area contributed by atoms with Crippen LogP contribution in [0, 0.1) is 0 Å². The molecule has 0 unspecified atom stereocenters. The summed E-state index contributed by atoms with van der Waals surface area (Å²) in [6.07, 6.45) is 0.872. The monoisotopic (exact) mass is 264 g/mol. The number of amides is 1. The number of anilines is 1. The molecule has 0 spiro atoms. The van der Waals surface area contributed by atoms with Gasteiger partial charge >= 0.3 is 0 Å². The molecule has 0 aliphatic carbocycles. The molecule has 1 rings (SSSR count). The van der Waals surface area contributed by atoms with Crippen molar-refractivity contribution in [3.05, 3.63) is 29.8 Å². The third-order valence-electron chi connectivity index (χ3n) is 2.56. The molecule has 0 saturated heterocycles. The molecule has 1 aromatic carbocycles. The molecule has 0 aliphatic rings. The zero-order valence-corrected chi connectivity index (χ0v) is 11.4. The Morgan fingerprint density at radius 2 is 1.89 bits per heavy atom. The van der Waals surface area contributed by atoms with Crippen LogP contribution in [-0.4, -0.2) is 38.5 Å². The molecule has 104 valence electrons. The van der Waals surface area contributed by atoms with Gasteiger partial charge in [0, 0.05) is 25.0 Å². The highest BCUT2D eigenvalue weighted by Gasteiger charge is 2.03. The number of hydrogen-bond acceptors (Lipinski definition) is 4. The number of ketones is 1. The molecular formula is C14H20N2O3. The van der Waals surface area contributed by atoms with E-state index in [0.29, 0.717) is 17.9 Å². The minimum absolute atomic E-state index is 0.0117. The summed E-state index contributed by atoms with van der Waals surface area (Å²) in [5, 5.41) is 5.78. The van der Waals surface area contributed by atoms with Crippen LogP contribution in [0.15, 0.2) is 24.3 Å². The number of methoxy groups -OCH3 is 1. The van der Waals surface area contributed by atoms with E-state index in [4.69, 9.17) is 4.74 Å². The van der Waals surface area contributed by atoms with Crippen LogP contribution in [0.5, 0.6) is 0 Å². The van der Waals surface area contributed by atoms with E-state index in [-0.39, 0.29) is 18.2 Å². The van der Waals surface area contributed by atoms with E-state index in [9.17, 15) is 9.59 Å². The zero-order chi connectivity index (χ0) is 14.1. The van der Waals surface area contributed by atoms with Crippen molar-refractivity contribution in [2.24, 2.45) is 0 Å². The molecule has 0 fully saturated rings. The van der Waals surface area contributed by atoms with E-state index >= 15 is 0 Å². The predicted molar refractivity (Wildman–Crippen MR) is 74.4 cm³/mol. The Hall–Kier alpha value is -1.72. The second kappa shape index (κ2) is 8.39. The normalized spacial score (nSPS) is 10.2. The first-order valence-corrected chi connectivity index (χ1v) is 6.24. The maximum Gasteiger partial charge on any atom is 0.238 e. The van der Waals surface area contributed by atoms with Crippen LogP contribution in [-0.2, 0) is 9.53 Å². The Kier molecular flexibility index (Phi) is 6.78. The van der Waals surface area contributed by atoms with Gasteiger partial charge in [-0.2, -0.15) is 0 Å². The number of nitrogens with one attached hydrogen (secondary N) is 2. The van der Waals surface area contributed by atoms with Crippen molar-refractivity contribution in [1.29, 1.82) is 0 Å². The molecule has 0 aliphatic heterocycles. The standard InChI is InChI=1S/C14H20N2O3/c1-11(17)12-4-6-13(7-5-12)16-14(18)10-15-8-3-9-19-2/h4-7,15H,3,8-10H2,1-2H3,(H,16,18). The lowest BCUT2D eigenvalue weighted by atomic mass is 10.1. The van der Waals surface area contributed by atoms with Gasteiger partial charge in [0.2, 0.25) is 5.91 Å². The molecule has 5 nitrogen and oxygen atoms in total. The fourth-order valence-corrected chi connectivity index (χ4v) is 1.54. The Bertz CT molecular complexity index is 415. The van der Waals surface area contributed by atoms with Gasteiger partial charge in [0.1, 0.15) is 0 Å². The Balaban J connectivity index is 2.30. The summed E-state index contributed by atoms with van der Waals surface area (Å²) < 4.78 is 4.91. The number of carbonyl (C=O) groups is 2. The molecule has 1 aromatic rings. The van der Waals surface area contributed by atoms with E-state index in [1.165, 1.54) is 6.92 Å². The molecule has 0 aromatic heterocycles. The first kappa shape index (κ1) is 15.3. The highest BCUT2D eigenvalue weighted by Crippen LogP contribution is 2.09. The quantitative estimate of drug-likeness (QED) is 0.551. The van der Waals surface area contributed by atoms with Crippen LogP contribution >= 0.6 is 0 Å². The van der Waals surface area contributed by atoms with Gasteiger partial charge in [-0.05, 0) is 44.2 Å². The molecule has 0 atom stereocenters. The number of benzene rings is 1. The van der Waals surface area contributed by atoms with Crippen molar-refractivity contribution in [3.63, 3.8) is 0 Å². The van der Waals surface area contributed by atoms with Gasteiger partial charge in [-0.15, -0.1) is 0 Å². The van der Waals surface area contributed by atoms with Crippen LogP contribution < -0.4 is 10.6 Å². The third kappa shape index (κ3) is 6.13. The minimum Gasteiger partial charge on any atom is -0.385 e. The highest BCUT2D eigenvalue weighted by molar-refractivity contribution is 5.96. The summed E-state index contributed by atoms with van der Waals surface area (Å²) in [6, 6.07) is 6.84. The maximum atomic E-state index is 11.6. The number of rotatable bonds is 8. The van der Waals surface area contributed by atoms with Gasteiger partial charge in [-0.1, -0.05) is 0 Å². The maximum absolute atomic E-state index is 11.6. The lowest BCUT2D eigenvalue weighted by Crippen LogP contribution is -2.29. The molecular weight excluding hydrogens is 244 g/mol. The highest BCUT2D eigenvalue weighted by atomic mass is 16.5. The molecule has 0 heterocycles. The first-order valence-electron chi connectivity index (χ1n) is 6.24. The lowest BCUT2D eigenvalue weighted by Gasteiger charge is -2.07. The first-order chi connectivity index (χ1) is 9.13. The van der Waals surface area contributed by atoms with Crippen molar-refractivity contribution < 1.29 is 14.3 Å². The van der Waals surface area contributed by atoms with E-state index in [1.54, 1.807) is 31.4 Å². The topological polar surface area (TPSA) is 67.4 Å². The van der Waals surface area contributed by atoms with E-state index in [1.807, 2.05) is 0 Å². The molecule has 0 radical (unpaired) electrons. The van der Waals surface area contributed by atoms with Crippen LogP contribution in [0.25, 0.3) is 0 Å². The minimum atomic E-state index is -0.104. The summed E-state index contributed by atoms with van der Waals surface area (Å²) in [5.41, 5.74) is 1.32. The van der Waals surface area contributed by atoms with Gasteiger partial charge in [0.05, 0.1) is 6.54 Å². The predicted octanol–water partition coefficient (Wildman–Crippen LogP) is 1.45. The Morgan fingerprint density at radius 3 is 2.47 bits per heavy atom. The Labute approximate surface area is 113 Å². The summed E-state index contributed by atoms with van der Waals surface area (Å²) in [7, 11) is 1.65. The summed E-state index contributed by atoms with van der Waals surface area (Å²) in [5.74, 6) is -0.0920. The lowest BCUT2D eigenvalue weighted by molar-refractivity contribution is -0.115. The molecule has 5 heteroatoms. The number of carbonyl (C=O) groups excluding carboxylic acids is 2. The molecule has 19 heavy (non-hydrogen) atoms. The fourth-order valence-electron chi connectivity index (χ4n) is 1.54. The second-order valence-electron chi connectivity index (χ2n) is 4.20. The van der Waals surface area contributed by atoms with Gasteiger partial charge in [-0.25, -0.2) is 0 Å². The van der Waals surface area contributed by atoms with Crippen molar-refractivity contribution in [2.45, 2.75) is 13.3 Å². The molecule has 0 saturated carbocycles. The molecule has 0 bridgehead atoms. The van der Waals surface area contributed by atoms with Crippen LogP contribution in [0.2, 0.25) is 0 Å². The average molecular weight is 264 g/mol. The van der Waals surface area contributed by atoms with Gasteiger partial charge in [0.15, 0.2) is 5.78 Å². The second-order valence-corrected chi connectivity index (χ2v) is 4.20. The zero-order valence-electron chi connectivity index (χ0n) is 11.4. The van der Waals surface area contributed by atoms with Crippen molar-refractivity contribution >= 4 is 17.4 Å². The van der Waals surface area contributed by atoms with Crippen LogP contribution in [0.4, 0.5) is 5.69 Å². The van der Waals surface area contributed by atoms with Gasteiger partial charge < -0.3 is 15.4 Å². The smallest absolute Gasteiger partial charge is 0.238 e. The summed E-state index contributed by atoms with van der Waals surface area (Å²) in [6.45, 7) is 3.20. The number of ether oxygens (including phenoxy) is 1. The third-order valence-corrected chi connectivity index (χ3v) is 2.56. The number of hydrogen-bond donors (Lipinski definition) is 2. The SMILES string of the molecule is COCCCNCC(=O)Nc1ccc(C(C)=O)cc1. The molecule has 2 N–H and O–H groups in total. The number of Topliss-reactive ketones (excluding diaryl/α,β-unsaturated/α-hetero) is 1. The van der Waals surface area contributed by atoms with E-state index < -0.39 is 0 Å². The van der Waals surface area contributed by atoms with Crippen LogP contribution in [0.1, 0.15) is 23.7 Å². The average Bonchev–Trinajstić information content (AvgIpc) is 2.39. The van der Waals surface area contributed by atoms with Gasteiger partial charge in [-0.3, -0.25) is 9.59 Å². The summed E-state index contributed by atoms with van der Waals surface area (Å²) in [4.78, 5) is 22.7. The van der Waals surface area contributed by atoms with E-state index in [2.05, 4.69) is 10.6 Å². The Morgan fingerprint density at radius 1 is 1.21 bits per heavy atom. The summed E-state index contributed by atoms with van der Waals surface area (Å²) >= 11 is 0. The fraction of sp³-hybridized carbons (Fsp3) is 0.429. The van der Waals surface area contributed by atoms with Crippen LogP contribution in [0.3, 0.4) is 0 Å². The van der Waals surface area contributed by atoms with Crippen molar-refractivity contribution in [2.75, 3.05) is 32.1 Å². The van der Waals surface area contributed by atoms with Crippen molar-refractivity contribution in [3.8, 4) is 0 Å². The molecule has 1 amide bonds. The van der Waals surface area contributed by atoms with E-state index in [0.717, 1.165) is 13.0 Å². The van der Waals surface area contributed by atoms with Crippen molar-refractivity contribution in [1.82, 2.24) is 5.32 Å².